The van der Waals surface area contributed by atoms with Gasteiger partial charge in [0.2, 0.25) is 0 Å². The minimum atomic E-state index is -0.113. The molecule has 0 bridgehead atoms. The SMILES string of the molecule is O=C(NCc1ccccc1Cl)N(Cc1ccccc1)Cc1ccccc1. The summed E-state index contributed by atoms with van der Waals surface area (Å²) in [6.45, 7) is 1.49. The molecule has 132 valence electrons. The Morgan fingerprint density at radius 2 is 1.27 bits per heavy atom. The molecule has 0 saturated carbocycles. The van der Waals surface area contributed by atoms with Crippen LogP contribution in [0.1, 0.15) is 16.7 Å². The van der Waals surface area contributed by atoms with Crippen LogP contribution in [0.2, 0.25) is 5.02 Å². The molecule has 0 aliphatic rings. The average molecular weight is 365 g/mol. The summed E-state index contributed by atoms with van der Waals surface area (Å²) in [4.78, 5) is 14.6. The van der Waals surface area contributed by atoms with Gasteiger partial charge in [-0.25, -0.2) is 4.79 Å². The highest BCUT2D eigenvalue weighted by atomic mass is 35.5. The Kier molecular flexibility index (Phi) is 6.29. The lowest BCUT2D eigenvalue weighted by Gasteiger charge is -2.23. The minimum Gasteiger partial charge on any atom is -0.334 e. The highest BCUT2D eigenvalue weighted by molar-refractivity contribution is 6.31. The van der Waals surface area contributed by atoms with Gasteiger partial charge in [-0.15, -0.1) is 0 Å². The first-order valence-corrected chi connectivity index (χ1v) is 8.94. The van der Waals surface area contributed by atoms with Crippen LogP contribution in [0.15, 0.2) is 84.9 Å². The summed E-state index contributed by atoms with van der Waals surface area (Å²) in [5.41, 5.74) is 3.09. The predicted molar refractivity (Wildman–Crippen MR) is 106 cm³/mol. The number of carbonyl (C=O) groups excluding carboxylic acids is 1. The van der Waals surface area contributed by atoms with Crippen molar-refractivity contribution in [3.8, 4) is 0 Å². The van der Waals surface area contributed by atoms with Crippen molar-refractivity contribution in [2.45, 2.75) is 19.6 Å². The number of nitrogens with one attached hydrogen (secondary N) is 1. The molecule has 0 radical (unpaired) electrons. The molecule has 0 unspecified atom stereocenters. The van der Waals surface area contributed by atoms with Crippen LogP contribution in [0.25, 0.3) is 0 Å². The van der Waals surface area contributed by atoms with Gasteiger partial charge in [-0.05, 0) is 22.8 Å². The lowest BCUT2D eigenvalue weighted by Crippen LogP contribution is -2.38. The molecule has 0 heterocycles. The second kappa shape index (κ2) is 9.07. The molecular weight excluding hydrogens is 344 g/mol. The lowest BCUT2D eigenvalue weighted by molar-refractivity contribution is 0.192. The second-order valence-corrected chi connectivity index (χ2v) is 6.48. The maximum atomic E-state index is 12.8. The van der Waals surface area contributed by atoms with Crippen LogP contribution in [-0.2, 0) is 19.6 Å². The number of rotatable bonds is 6. The maximum absolute atomic E-state index is 12.8. The zero-order valence-electron chi connectivity index (χ0n) is 14.4. The number of halogens is 1. The first-order chi connectivity index (χ1) is 12.7. The minimum absolute atomic E-state index is 0.113. The molecule has 4 heteroatoms. The Hall–Kier alpha value is -2.78. The van der Waals surface area contributed by atoms with Gasteiger partial charge >= 0.3 is 6.03 Å². The Morgan fingerprint density at radius 1 is 0.769 bits per heavy atom. The zero-order valence-corrected chi connectivity index (χ0v) is 15.2. The van der Waals surface area contributed by atoms with E-state index in [1.165, 1.54) is 0 Å². The fraction of sp³-hybridized carbons (Fsp3) is 0.136. The Balaban J connectivity index is 1.71. The van der Waals surface area contributed by atoms with Crippen LogP contribution >= 0.6 is 11.6 Å². The third kappa shape index (κ3) is 5.11. The van der Waals surface area contributed by atoms with Crippen molar-refractivity contribution in [2.75, 3.05) is 0 Å². The highest BCUT2D eigenvalue weighted by Crippen LogP contribution is 2.15. The van der Waals surface area contributed by atoms with Crippen LogP contribution in [0.5, 0.6) is 0 Å². The van der Waals surface area contributed by atoms with Gasteiger partial charge in [0.1, 0.15) is 0 Å². The summed E-state index contributed by atoms with van der Waals surface area (Å²) in [5, 5.41) is 3.64. The van der Waals surface area contributed by atoms with Crippen LogP contribution < -0.4 is 5.32 Å². The fourth-order valence-electron chi connectivity index (χ4n) is 2.73. The van der Waals surface area contributed by atoms with E-state index in [1.807, 2.05) is 89.8 Å². The predicted octanol–water partition coefficient (Wildman–Crippen LogP) is 5.25. The molecule has 0 saturated heterocycles. The zero-order chi connectivity index (χ0) is 18.2. The van der Waals surface area contributed by atoms with Crippen molar-refractivity contribution in [1.29, 1.82) is 0 Å². The molecule has 0 aliphatic carbocycles. The molecule has 1 N–H and O–H groups in total. The van der Waals surface area contributed by atoms with Gasteiger partial charge in [-0.1, -0.05) is 90.5 Å². The number of carbonyl (C=O) groups is 1. The number of amides is 2. The molecule has 0 aliphatic heterocycles. The molecular formula is C22H21ClN2O. The molecule has 3 aromatic carbocycles. The van der Waals surface area contributed by atoms with E-state index in [9.17, 15) is 4.79 Å². The summed E-state index contributed by atoms with van der Waals surface area (Å²) in [7, 11) is 0. The summed E-state index contributed by atoms with van der Waals surface area (Å²) in [6, 6.07) is 27.4. The van der Waals surface area contributed by atoms with E-state index >= 15 is 0 Å². The molecule has 3 rings (SSSR count). The van der Waals surface area contributed by atoms with Crippen LogP contribution in [0.4, 0.5) is 4.79 Å². The van der Waals surface area contributed by atoms with Gasteiger partial charge < -0.3 is 10.2 Å². The van der Waals surface area contributed by atoms with Crippen molar-refractivity contribution >= 4 is 17.6 Å². The molecule has 26 heavy (non-hydrogen) atoms. The first-order valence-electron chi connectivity index (χ1n) is 8.56. The molecule has 0 spiro atoms. The highest BCUT2D eigenvalue weighted by Gasteiger charge is 2.14. The summed E-state index contributed by atoms with van der Waals surface area (Å²) in [5.74, 6) is 0. The average Bonchev–Trinajstić information content (AvgIpc) is 2.68. The van der Waals surface area contributed by atoms with Crippen LogP contribution in [-0.4, -0.2) is 10.9 Å². The number of nitrogens with zero attached hydrogens (tertiary/aromatic N) is 1. The Labute approximate surface area is 159 Å². The topological polar surface area (TPSA) is 32.3 Å². The standard InChI is InChI=1S/C22H21ClN2O/c23-21-14-8-7-13-20(21)15-24-22(26)25(16-18-9-3-1-4-10-18)17-19-11-5-2-6-12-19/h1-14H,15-17H2,(H,24,26). The van der Waals surface area contributed by atoms with Crippen LogP contribution in [0, 0.1) is 0 Å². The van der Waals surface area contributed by atoms with Gasteiger partial charge in [0, 0.05) is 24.7 Å². The van der Waals surface area contributed by atoms with E-state index in [4.69, 9.17) is 11.6 Å². The number of urea groups is 1. The van der Waals surface area contributed by atoms with Crippen molar-refractivity contribution in [2.24, 2.45) is 0 Å². The van der Waals surface area contributed by atoms with Crippen molar-refractivity contribution in [3.63, 3.8) is 0 Å². The van der Waals surface area contributed by atoms with Gasteiger partial charge in [-0.2, -0.15) is 0 Å². The van der Waals surface area contributed by atoms with Gasteiger partial charge in [0.05, 0.1) is 0 Å². The normalized spacial score (nSPS) is 10.3. The van der Waals surface area contributed by atoms with Gasteiger partial charge in [-0.3, -0.25) is 0 Å². The fourth-order valence-corrected chi connectivity index (χ4v) is 2.93. The molecule has 0 aromatic heterocycles. The summed E-state index contributed by atoms with van der Waals surface area (Å²) in [6.07, 6.45) is 0. The number of hydrogen-bond acceptors (Lipinski definition) is 1. The summed E-state index contributed by atoms with van der Waals surface area (Å²) < 4.78 is 0. The molecule has 2 amide bonds. The third-order valence-electron chi connectivity index (χ3n) is 4.11. The van der Waals surface area contributed by atoms with Crippen LogP contribution in [0.3, 0.4) is 0 Å². The second-order valence-electron chi connectivity index (χ2n) is 6.08. The Bertz CT molecular complexity index is 796. The van der Waals surface area contributed by atoms with Gasteiger partial charge in [0.15, 0.2) is 0 Å². The number of benzene rings is 3. The van der Waals surface area contributed by atoms with E-state index in [1.54, 1.807) is 0 Å². The largest absolute Gasteiger partial charge is 0.334 e. The molecule has 0 atom stereocenters. The van der Waals surface area contributed by atoms with Crippen molar-refractivity contribution in [3.05, 3.63) is 107 Å². The van der Waals surface area contributed by atoms with Gasteiger partial charge in [0.25, 0.3) is 0 Å². The molecule has 3 aromatic rings. The smallest absolute Gasteiger partial charge is 0.318 e. The Morgan fingerprint density at radius 3 is 1.81 bits per heavy atom. The van der Waals surface area contributed by atoms with Crippen molar-refractivity contribution in [1.82, 2.24) is 10.2 Å². The van der Waals surface area contributed by atoms with E-state index in [0.717, 1.165) is 16.7 Å². The summed E-state index contributed by atoms with van der Waals surface area (Å²) >= 11 is 6.18. The van der Waals surface area contributed by atoms with E-state index in [-0.39, 0.29) is 6.03 Å². The first kappa shape index (κ1) is 18.0. The monoisotopic (exact) mass is 364 g/mol. The van der Waals surface area contributed by atoms with E-state index < -0.39 is 0 Å². The molecule has 3 nitrogen and oxygen atoms in total. The quantitative estimate of drug-likeness (QED) is 0.636. The lowest BCUT2D eigenvalue weighted by atomic mass is 10.2. The number of hydrogen-bond donors (Lipinski definition) is 1. The third-order valence-corrected chi connectivity index (χ3v) is 4.48. The van der Waals surface area contributed by atoms with E-state index in [0.29, 0.717) is 24.7 Å². The maximum Gasteiger partial charge on any atom is 0.318 e. The van der Waals surface area contributed by atoms with Crippen molar-refractivity contribution < 1.29 is 4.79 Å². The molecule has 0 fully saturated rings. The van der Waals surface area contributed by atoms with E-state index in [2.05, 4.69) is 5.32 Å².